The minimum Gasteiger partial charge on any atom is -0.328 e. The Labute approximate surface area is 103 Å². The fourth-order valence-electron chi connectivity index (χ4n) is 2.33. The first-order valence-corrected chi connectivity index (χ1v) is 5.96. The van der Waals surface area contributed by atoms with E-state index in [1.165, 1.54) is 5.69 Å². The van der Waals surface area contributed by atoms with E-state index >= 15 is 0 Å². The Morgan fingerprint density at radius 2 is 1.53 bits per heavy atom. The van der Waals surface area contributed by atoms with Crippen molar-refractivity contribution >= 4 is 11.4 Å². The van der Waals surface area contributed by atoms with Gasteiger partial charge in [0.1, 0.15) is 5.82 Å². The van der Waals surface area contributed by atoms with Crippen molar-refractivity contribution in [2.75, 3.05) is 0 Å². The van der Waals surface area contributed by atoms with Gasteiger partial charge in [0.25, 0.3) is 0 Å². The van der Waals surface area contributed by atoms with Crippen LogP contribution in [0.4, 0.5) is 0 Å². The molecule has 1 aromatic heterocycles. The fourth-order valence-corrected chi connectivity index (χ4v) is 2.33. The Balaban J connectivity index is 2.35. The standard InChI is InChI=1S/C13H20N4/c1-8-9(2)16-13(6,15-8)7-17-11(4)10(3)14-12(17)5/h7H2,1-6H3. The third-order valence-electron chi connectivity index (χ3n) is 3.45. The molecule has 1 aromatic rings. The van der Waals surface area contributed by atoms with Crippen LogP contribution in [0, 0.1) is 20.8 Å². The zero-order valence-corrected chi connectivity index (χ0v) is 11.5. The Hall–Kier alpha value is -1.45. The van der Waals surface area contributed by atoms with Crippen molar-refractivity contribution < 1.29 is 0 Å². The number of aliphatic imine (C=N–C) groups is 2. The van der Waals surface area contributed by atoms with Gasteiger partial charge in [0.15, 0.2) is 5.66 Å². The highest BCUT2D eigenvalue weighted by molar-refractivity contribution is 6.41. The van der Waals surface area contributed by atoms with E-state index in [0.29, 0.717) is 0 Å². The van der Waals surface area contributed by atoms with Gasteiger partial charge in [-0.25, -0.2) is 4.98 Å². The van der Waals surface area contributed by atoms with E-state index in [-0.39, 0.29) is 5.66 Å². The number of nitrogens with zero attached hydrogens (tertiary/aromatic N) is 4. The average Bonchev–Trinajstić information content (AvgIpc) is 2.59. The summed E-state index contributed by atoms with van der Waals surface area (Å²) in [5.41, 5.74) is 4.01. The molecule has 0 radical (unpaired) electrons. The summed E-state index contributed by atoms with van der Waals surface area (Å²) in [6.07, 6.45) is 0. The molecule has 0 N–H and O–H groups in total. The lowest BCUT2D eigenvalue weighted by Gasteiger charge is -2.20. The lowest BCUT2D eigenvalue weighted by Crippen LogP contribution is -2.26. The molecule has 0 fully saturated rings. The maximum Gasteiger partial charge on any atom is 0.165 e. The summed E-state index contributed by atoms with van der Waals surface area (Å²) >= 11 is 0. The molecule has 92 valence electrons. The Bertz CT molecular complexity index is 502. The van der Waals surface area contributed by atoms with Crippen molar-refractivity contribution in [3.8, 4) is 0 Å². The van der Waals surface area contributed by atoms with E-state index in [4.69, 9.17) is 0 Å². The van der Waals surface area contributed by atoms with Crippen LogP contribution in [0.15, 0.2) is 9.98 Å². The summed E-state index contributed by atoms with van der Waals surface area (Å²) in [5, 5.41) is 0. The third-order valence-corrected chi connectivity index (χ3v) is 3.45. The maximum atomic E-state index is 4.65. The molecule has 4 nitrogen and oxygen atoms in total. The second-order valence-corrected chi connectivity index (χ2v) is 5.03. The van der Waals surface area contributed by atoms with Gasteiger partial charge in [-0.2, -0.15) is 0 Å². The van der Waals surface area contributed by atoms with Crippen LogP contribution in [0.5, 0.6) is 0 Å². The van der Waals surface area contributed by atoms with Crippen LogP contribution in [0.3, 0.4) is 0 Å². The highest BCUT2D eigenvalue weighted by atomic mass is 15.2. The maximum absolute atomic E-state index is 4.65. The van der Waals surface area contributed by atoms with Crippen molar-refractivity contribution in [3.63, 3.8) is 0 Å². The predicted molar refractivity (Wildman–Crippen MR) is 71.1 cm³/mol. The highest BCUT2D eigenvalue weighted by Gasteiger charge is 2.29. The molecule has 0 unspecified atom stereocenters. The van der Waals surface area contributed by atoms with Crippen molar-refractivity contribution in [2.45, 2.75) is 53.8 Å². The summed E-state index contributed by atoms with van der Waals surface area (Å²) in [4.78, 5) is 13.8. The van der Waals surface area contributed by atoms with Gasteiger partial charge in [0.05, 0.1) is 23.7 Å². The topological polar surface area (TPSA) is 42.5 Å². The van der Waals surface area contributed by atoms with E-state index < -0.39 is 0 Å². The molecule has 17 heavy (non-hydrogen) atoms. The molecule has 2 rings (SSSR count). The van der Waals surface area contributed by atoms with E-state index in [2.05, 4.69) is 33.4 Å². The second-order valence-electron chi connectivity index (χ2n) is 5.03. The van der Waals surface area contributed by atoms with Gasteiger partial charge >= 0.3 is 0 Å². The summed E-state index contributed by atoms with van der Waals surface area (Å²) in [6.45, 7) is 13.0. The number of rotatable bonds is 2. The molecule has 4 heteroatoms. The molecular formula is C13H20N4. The normalized spacial score (nSPS) is 18.2. The molecule has 0 saturated carbocycles. The molecule has 0 amide bonds. The molecule has 0 aliphatic carbocycles. The monoisotopic (exact) mass is 232 g/mol. The minimum absolute atomic E-state index is 0.364. The van der Waals surface area contributed by atoms with Gasteiger partial charge in [0.2, 0.25) is 0 Å². The van der Waals surface area contributed by atoms with Gasteiger partial charge in [-0.15, -0.1) is 0 Å². The lowest BCUT2D eigenvalue weighted by atomic mass is 10.2. The summed E-state index contributed by atoms with van der Waals surface area (Å²) in [6, 6.07) is 0. The van der Waals surface area contributed by atoms with Crippen molar-refractivity contribution in [3.05, 3.63) is 17.2 Å². The molecule has 1 aliphatic heterocycles. The smallest absolute Gasteiger partial charge is 0.165 e. The molecule has 0 saturated heterocycles. The van der Waals surface area contributed by atoms with E-state index in [9.17, 15) is 0 Å². The average molecular weight is 232 g/mol. The summed E-state index contributed by atoms with van der Waals surface area (Å²) in [7, 11) is 0. The molecule has 0 spiro atoms. The Morgan fingerprint density at radius 3 is 1.94 bits per heavy atom. The van der Waals surface area contributed by atoms with Crippen LogP contribution in [0.1, 0.15) is 38.0 Å². The minimum atomic E-state index is -0.364. The largest absolute Gasteiger partial charge is 0.328 e. The lowest BCUT2D eigenvalue weighted by molar-refractivity contribution is 0.415. The number of aromatic nitrogens is 2. The zero-order valence-electron chi connectivity index (χ0n) is 11.5. The van der Waals surface area contributed by atoms with Crippen molar-refractivity contribution in [1.29, 1.82) is 0 Å². The fraction of sp³-hybridized carbons (Fsp3) is 0.615. The van der Waals surface area contributed by atoms with E-state index in [1.807, 2.05) is 27.7 Å². The van der Waals surface area contributed by atoms with E-state index in [0.717, 1.165) is 29.5 Å². The van der Waals surface area contributed by atoms with Crippen LogP contribution in [-0.2, 0) is 6.54 Å². The number of hydrogen-bond acceptors (Lipinski definition) is 3. The van der Waals surface area contributed by atoms with Crippen LogP contribution >= 0.6 is 0 Å². The SMILES string of the molecule is CC1=NC(C)(Cn2c(C)nc(C)c2C)N=C1C. The first kappa shape index (κ1) is 12.0. The van der Waals surface area contributed by atoms with Gasteiger partial charge < -0.3 is 4.57 Å². The van der Waals surface area contributed by atoms with Crippen molar-refractivity contribution in [2.24, 2.45) is 9.98 Å². The molecule has 0 aromatic carbocycles. The van der Waals surface area contributed by atoms with Gasteiger partial charge in [-0.3, -0.25) is 9.98 Å². The number of imidazole rings is 1. The van der Waals surface area contributed by atoms with Gasteiger partial charge in [-0.1, -0.05) is 0 Å². The second kappa shape index (κ2) is 3.79. The summed E-state index contributed by atoms with van der Waals surface area (Å²) < 4.78 is 2.20. The molecule has 2 heterocycles. The quantitative estimate of drug-likeness (QED) is 0.772. The zero-order chi connectivity index (χ0) is 12.8. The predicted octanol–water partition coefficient (Wildman–Crippen LogP) is 2.46. The van der Waals surface area contributed by atoms with Crippen LogP contribution in [-0.4, -0.2) is 26.6 Å². The Kier molecular flexibility index (Phi) is 2.68. The molecule has 0 bridgehead atoms. The highest BCUT2D eigenvalue weighted by Crippen LogP contribution is 2.24. The van der Waals surface area contributed by atoms with Crippen LogP contribution < -0.4 is 0 Å². The van der Waals surface area contributed by atoms with Gasteiger partial charge in [0, 0.05) is 5.69 Å². The number of aryl methyl sites for hydroxylation is 2. The van der Waals surface area contributed by atoms with E-state index in [1.54, 1.807) is 0 Å². The van der Waals surface area contributed by atoms with Gasteiger partial charge in [-0.05, 0) is 41.5 Å². The van der Waals surface area contributed by atoms with Crippen LogP contribution in [0.25, 0.3) is 0 Å². The molecule has 1 aliphatic rings. The summed E-state index contributed by atoms with van der Waals surface area (Å²) in [5.74, 6) is 1.04. The third kappa shape index (κ3) is 2.04. The first-order chi connectivity index (χ1) is 7.82. The van der Waals surface area contributed by atoms with Crippen LogP contribution in [0.2, 0.25) is 0 Å². The number of hydrogen-bond donors (Lipinski definition) is 0. The Morgan fingerprint density at radius 1 is 1.00 bits per heavy atom. The molecule has 0 atom stereocenters. The van der Waals surface area contributed by atoms with Crippen molar-refractivity contribution in [1.82, 2.24) is 9.55 Å². The molecular weight excluding hydrogens is 212 g/mol. The first-order valence-electron chi connectivity index (χ1n) is 5.96.